The average Bonchev–Trinajstić information content (AvgIpc) is 4.40. The van der Waals surface area contributed by atoms with Gasteiger partial charge < -0.3 is 18.0 Å². The summed E-state index contributed by atoms with van der Waals surface area (Å²) in [6, 6.07) is 94.9. The van der Waals surface area contributed by atoms with E-state index < -0.39 is 8.07 Å². The van der Waals surface area contributed by atoms with Gasteiger partial charge in [-0.15, -0.1) is 0 Å². The van der Waals surface area contributed by atoms with Crippen LogP contribution in [0, 0.1) is 0 Å². The van der Waals surface area contributed by atoms with E-state index in [1.54, 1.807) is 0 Å². The summed E-state index contributed by atoms with van der Waals surface area (Å²) in [6.07, 6.45) is 0. The molecular formula is C72H42N2O2Si. The van der Waals surface area contributed by atoms with Gasteiger partial charge in [0.15, 0.2) is 19.2 Å². The molecule has 18 rings (SSSR count). The molecule has 2 aliphatic rings. The third-order valence-electron chi connectivity index (χ3n) is 17.4. The Bertz CT molecular complexity index is 4820. The number of para-hydroxylation sites is 6. The third kappa shape index (κ3) is 5.30. The minimum absolute atomic E-state index is 0.877. The Morgan fingerprint density at radius 2 is 0.519 bits per heavy atom. The number of rotatable bonds is 2. The minimum atomic E-state index is -3.23. The van der Waals surface area contributed by atoms with Crippen molar-refractivity contribution in [3.05, 3.63) is 255 Å². The molecule has 4 nitrogen and oxygen atoms in total. The second-order valence-corrected chi connectivity index (χ2v) is 24.6. The first kappa shape index (κ1) is 41.4. The van der Waals surface area contributed by atoms with Crippen LogP contribution in [0.2, 0.25) is 0 Å². The summed E-state index contributed by atoms with van der Waals surface area (Å²) >= 11 is 0. The van der Waals surface area contributed by atoms with Gasteiger partial charge in [-0.25, -0.2) is 0 Å². The summed E-state index contributed by atoms with van der Waals surface area (Å²) in [5.74, 6) is 0. The fraction of sp³-hybridized carbons (Fsp3) is 0. The van der Waals surface area contributed by atoms with Crippen molar-refractivity contribution in [2.24, 2.45) is 0 Å². The second-order valence-electron chi connectivity index (χ2n) is 21.0. The van der Waals surface area contributed by atoms with Crippen LogP contribution < -0.4 is 20.7 Å². The number of nitrogens with zero attached hydrogens (tertiary/aromatic N) is 2. The van der Waals surface area contributed by atoms with Crippen molar-refractivity contribution in [1.29, 1.82) is 0 Å². The highest BCUT2D eigenvalue weighted by Crippen LogP contribution is 2.47. The Morgan fingerprint density at radius 1 is 0.234 bits per heavy atom. The number of hydrogen-bond donors (Lipinski definition) is 0. The predicted molar refractivity (Wildman–Crippen MR) is 322 cm³/mol. The molecule has 0 amide bonds. The number of fused-ring (bicyclic) bond motifs is 26. The van der Waals surface area contributed by atoms with E-state index in [1.165, 1.54) is 86.8 Å². The first-order valence-corrected chi connectivity index (χ1v) is 28.6. The number of benzene rings is 12. The number of furan rings is 2. The van der Waals surface area contributed by atoms with E-state index >= 15 is 0 Å². The smallest absolute Gasteiger partial charge is 0.182 e. The Labute approximate surface area is 442 Å². The summed E-state index contributed by atoms with van der Waals surface area (Å²) in [4.78, 5) is 0. The van der Waals surface area contributed by atoms with Gasteiger partial charge in [-0.1, -0.05) is 194 Å². The van der Waals surface area contributed by atoms with Gasteiger partial charge in [0.2, 0.25) is 0 Å². The zero-order valence-electron chi connectivity index (χ0n) is 41.5. The minimum Gasteiger partial charge on any atom is -0.454 e. The van der Waals surface area contributed by atoms with Gasteiger partial charge in [0.05, 0.1) is 33.4 Å². The van der Waals surface area contributed by atoms with Crippen molar-refractivity contribution in [2.45, 2.75) is 0 Å². The van der Waals surface area contributed by atoms with Gasteiger partial charge in [0.1, 0.15) is 11.2 Å². The van der Waals surface area contributed by atoms with Gasteiger partial charge in [0.25, 0.3) is 0 Å². The van der Waals surface area contributed by atoms with Crippen LogP contribution in [0.4, 0.5) is 0 Å². The van der Waals surface area contributed by atoms with Gasteiger partial charge in [-0.2, -0.15) is 0 Å². The van der Waals surface area contributed by atoms with Crippen molar-refractivity contribution in [3.63, 3.8) is 0 Å². The molecule has 0 saturated carbocycles. The molecule has 12 aromatic carbocycles. The molecule has 356 valence electrons. The molecule has 5 heteroatoms. The van der Waals surface area contributed by atoms with Crippen LogP contribution in [0.3, 0.4) is 0 Å². The lowest BCUT2D eigenvalue weighted by Crippen LogP contribution is -2.75. The molecule has 0 bridgehead atoms. The molecule has 4 aromatic heterocycles. The number of aromatic nitrogens is 2. The molecule has 0 N–H and O–H groups in total. The fourth-order valence-electron chi connectivity index (χ4n) is 14.3. The van der Waals surface area contributed by atoms with E-state index in [0.717, 1.165) is 77.3 Å². The SMILES string of the molecule is c1ccc2c(c1)-c1cc3oc4c(-n5c6ccccc6c6ccccc65)cccc4c3cc1-c1ccccc1[Si]21c2ccccc2-c2cc3oc4c(-n5c6ccccc6c6ccccc65)cccc4c3cc2-c2ccccc21. The summed E-state index contributed by atoms with van der Waals surface area (Å²) < 4.78 is 19.2. The molecule has 16 aromatic rings. The quantitative estimate of drug-likeness (QED) is 0.162. The molecule has 0 unspecified atom stereocenters. The van der Waals surface area contributed by atoms with Gasteiger partial charge in [0, 0.05) is 43.1 Å². The van der Waals surface area contributed by atoms with E-state index in [2.05, 4.69) is 264 Å². The highest BCUT2D eigenvalue weighted by molar-refractivity contribution is 7.22. The number of hydrogen-bond acceptors (Lipinski definition) is 2. The first-order valence-electron chi connectivity index (χ1n) is 26.6. The predicted octanol–water partition coefficient (Wildman–Crippen LogP) is 16.4. The van der Waals surface area contributed by atoms with Crippen molar-refractivity contribution in [3.8, 4) is 55.9 Å². The Morgan fingerprint density at radius 3 is 0.870 bits per heavy atom. The fourth-order valence-corrected chi connectivity index (χ4v) is 19.9. The molecule has 2 aliphatic heterocycles. The van der Waals surface area contributed by atoms with Crippen LogP contribution in [0.15, 0.2) is 264 Å². The van der Waals surface area contributed by atoms with E-state index in [-0.39, 0.29) is 0 Å². The summed E-state index contributed by atoms with van der Waals surface area (Å²) in [7, 11) is -3.23. The van der Waals surface area contributed by atoms with Gasteiger partial charge in [-0.3, -0.25) is 0 Å². The Balaban J connectivity index is 0.892. The standard InChI is InChI=1S/C72H42N2O2Si/c1-9-29-59-43(19-1)44-20-2-10-30-60(44)73(59)63-33-17-27-51-57-39-53-47-23-5-13-35-67(47)77(69-37-15-7-25-49(69)55(53)41-65(57)75-71(51)63)68-36-14-6-24-48(68)54-40-58-52-28-18-34-64(72(52)76-66(58)42-56(54)50-26-8-16-38-70(50)77)74-61-31-11-3-21-45(61)46-22-4-12-32-62(46)74/h1-42H. The lowest BCUT2D eigenvalue weighted by Gasteiger charge is -2.37. The molecule has 0 radical (unpaired) electrons. The maximum atomic E-state index is 7.23. The van der Waals surface area contributed by atoms with E-state index in [1.807, 2.05) is 0 Å². The van der Waals surface area contributed by atoms with Crippen LogP contribution in [0.1, 0.15) is 0 Å². The molecule has 0 fully saturated rings. The molecular weight excluding hydrogens is 953 g/mol. The zero-order chi connectivity index (χ0) is 50.1. The van der Waals surface area contributed by atoms with E-state index in [9.17, 15) is 0 Å². The summed E-state index contributed by atoms with van der Waals surface area (Å²) in [5.41, 5.74) is 20.0. The third-order valence-corrected chi connectivity index (χ3v) is 22.3. The van der Waals surface area contributed by atoms with Crippen LogP contribution in [-0.2, 0) is 0 Å². The molecule has 6 heterocycles. The maximum absolute atomic E-state index is 7.23. The van der Waals surface area contributed by atoms with Crippen LogP contribution in [0.25, 0.3) is 143 Å². The average molecular weight is 995 g/mol. The maximum Gasteiger partial charge on any atom is 0.182 e. The Kier molecular flexibility index (Phi) is 8.12. The van der Waals surface area contributed by atoms with E-state index in [4.69, 9.17) is 8.83 Å². The van der Waals surface area contributed by atoms with Crippen molar-refractivity contribution in [2.75, 3.05) is 0 Å². The molecule has 0 saturated heterocycles. The molecule has 0 atom stereocenters. The molecule has 77 heavy (non-hydrogen) atoms. The van der Waals surface area contributed by atoms with E-state index in [0.29, 0.717) is 0 Å². The Hall–Kier alpha value is -9.94. The van der Waals surface area contributed by atoms with Crippen LogP contribution in [-0.4, -0.2) is 17.2 Å². The second kappa shape index (κ2) is 15.1. The zero-order valence-corrected chi connectivity index (χ0v) is 42.5. The summed E-state index contributed by atoms with van der Waals surface area (Å²) in [6.45, 7) is 0. The lowest BCUT2D eigenvalue weighted by atomic mass is 9.93. The largest absolute Gasteiger partial charge is 0.454 e. The van der Waals surface area contributed by atoms with Crippen molar-refractivity contribution in [1.82, 2.24) is 9.13 Å². The highest BCUT2D eigenvalue weighted by Gasteiger charge is 2.50. The van der Waals surface area contributed by atoms with Crippen molar-refractivity contribution >= 4 is 116 Å². The van der Waals surface area contributed by atoms with Crippen LogP contribution >= 0.6 is 0 Å². The molecule has 0 aliphatic carbocycles. The lowest BCUT2D eigenvalue weighted by molar-refractivity contribution is 0.666. The monoisotopic (exact) mass is 994 g/mol. The normalized spacial score (nSPS) is 13.3. The van der Waals surface area contributed by atoms with Gasteiger partial charge in [-0.05, 0) is 126 Å². The first-order chi connectivity index (χ1) is 38.2. The highest BCUT2D eigenvalue weighted by atomic mass is 28.3. The topological polar surface area (TPSA) is 36.1 Å². The molecule has 1 spiro atoms. The van der Waals surface area contributed by atoms with Gasteiger partial charge >= 0.3 is 0 Å². The van der Waals surface area contributed by atoms with Crippen LogP contribution in [0.5, 0.6) is 0 Å². The van der Waals surface area contributed by atoms with Crippen molar-refractivity contribution < 1.29 is 8.83 Å². The summed E-state index contributed by atoms with van der Waals surface area (Å²) in [5, 5.41) is 14.8.